The molecule has 43 heavy (non-hydrogen) atoms. The fraction of sp³-hybridized carbons (Fsp3) is 0.206. The Hall–Kier alpha value is -4.82. The lowest BCUT2D eigenvalue weighted by Crippen LogP contribution is -2.47. The maximum Gasteiger partial charge on any atom is 0.255 e. The molecule has 8 nitrogen and oxygen atoms in total. The van der Waals surface area contributed by atoms with E-state index in [4.69, 9.17) is 16.3 Å². The fourth-order valence-corrected chi connectivity index (χ4v) is 6.26. The molecule has 2 N–H and O–H groups in total. The maximum atomic E-state index is 13.3. The molecule has 2 aliphatic heterocycles. The summed E-state index contributed by atoms with van der Waals surface area (Å²) in [6.07, 6.45) is 4.24. The van der Waals surface area contributed by atoms with E-state index in [-0.39, 0.29) is 29.2 Å². The highest BCUT2D eigenvalue weighted by Gasteiger charge is 2.35. The molecular formula is C34H31ClN4O4. The number of nitrogens with one attached hydrogen (secondary N) is 2. The van der Waals surface area contributed by atoms with Crippen molar-refractivity contribution in [2.75, 3.05) is 35.7 Å². The van der Waals surface area contributed by atoms with Crippen LogP contribution in [0.15, 0.2) is 95.8 Å². The van der Waals surface area contributed by atoms with Crippen molar-refractivity contribution >= 4 is 46.6 Å². The molecule has 4 aromatic rings. The standard InChI is InChI=1S/C34H31ClN4O4/c1-43-31-14-12-26(18-27(31)35)36-34(42)24-11-13-30(28(17-24)37-32(40)15-10-22-6-3-2-4-7-22)38-19-23-16-25(21-38)29-8-5-9-33(41)39(29)20-23/h2-15,17-18,23,25H,16,19-21H2,1H3,(H,36,42)(H,37,40). The summed E-state index contributed by atoms with van der Waals surface area (Å²) >= 11 is 6.25. The van der Waals surface area contributed by atoms with Crippen molar-refractivity contribution in [1.82, 2.24) is 4.57 Å². The zero-order valence-electron chi connectivity index (χ0n) is 23.6. The first kappa shape index (κ1) is 28.3. The number of piperidine rings is 1. The molecule has 9 heteroatoms. The Morgan fingerprint density at radius 2 is 1.77 bits per heavy atom. The minimum Gasteiger partial charge on any atom is -0.495 e. The Morgan fingerprint density at radius 1 is 0.930 bits per heavy atom. The van der Waals surface area contributed by atoms with Gasteiger partial charge in [-0.2, -0.15) is 0 Å². The molecule has 0 aliphatic carbocycles. The number of amides is 2. The van der Waals surface area contributed by atoms with Gasteiger partial charge in [0.1, 0.15) is 5.75 Å². The summed E-state index contributed by atoms with van der Waals surface area (Å²) in [7, 11) is 1.53. The number of methoxy groups -OCH3 is 1. The van der Waals surface area contributed by atoms with Crippen molar-refractivity contribution in [3.8, 4) is 5.75 Å². The van der Waals surface area contributed by atoms with Gasteiger partial charge < -0.3 is 24.8 Å². The lowest BCUT2D eigenvalue weighted by atomic mass is 9.83. The summed E-state index contributed by atoms with van der Waals surface area (Å²) in [5.41, 5.74) is 4.25. The molecule has 2 atom stereocenters. The summed E-state index contributed by atoms with van der Waals surface area (Å²) < 4.78 is 7.10. The Kier molecular flexibility index (Phi) is 8.03. The molecule has 0 radical (unpaired) electrons. The third kappa shape index (κ3) is 6.20. The van der Waals surface area contributed by atoms with Crippen LogP contribution in [0.1, 0.15) is 34.0 Å². The van der Waals surface area contributed by atoms with Crippen molar-refractivity contribution in [2.45, 2.75) is 18.9 Å². The van der Waals surface area contributed by atoms with Crippen molar-refractivity contribution in [1.29, 1.82) is 0 Å². The number of carbonyl (C=O) groups is 2. The predicted molar refractivity (Wildman–Crippen MR) is 170 cm³/mol. The molecule has 2 unspecified atom stereocenters. The summed E-state index contributed by atoms with van der Waals surface area (Å²) in [4.78, 5) is 41.2. The average Bonchev–Trinajstić information content (AvgIpc) is 3.01. The Balaban J connectivity index is 1.29. The topological polar surface area (TPSA) is 92.7 Å². The number of benzene rings is 3. The predicted octanol–water partition coefficient (Wildman–Crippen LogP) is 6.04. The van der Waals surface area contributed by atoms with E-state index in [1.165, 1.54) is 13.2 Å². The van der Waals surface area contributed by atoms with Crippen LogP contribution in [-0.4, -0.2) is 36.6 Å². The number of hydrogen-bond donors (Lipinski definition) is 2. The average molecular weight is 595 g/mol. The summed E-state index contributed by atoms with van der Waals surface area (Å²) in [5, 5.41) is 6.27. The normalized spacial score (nSPS) is 17.3. The number of rotatable bonds is 7. The van der Waals surface area contributed by atoms with E-state index in [0.717, 1.165) is 29.9 Å². The highest BCUT2D eigenvalue weighted by molar-refractivity contribution is 6.32. The van der Waals surface area contributed by atoms with Gasteiger partial charge in [0.2, 0.25) is 5.91 Å². The van der Waals surface area contributed by atoms with Gasteiger partial charge in [0.05, 0.1) is 23.5 Å². The van der Waals surface area contributed by atoms with Gasteiger partial charge in [-0.05, 0) is 66.4 Å². The monoisotopic (exact) mass is 594 g/mol. The van der Waals surface area contributed by atoms with Crippen molar-refractivity contribution in [3.05, 3.63) is 123 Å². The van der Waals surface area contributed by atoms with E-state index in [9.17, 15) is 14.4 Å². The number of ether oxygens (including phenoxy) is 1. The second-order valence-corrected chi connectivity index (χ2v) is 11.3. The zero-order valence-corrected chi connectivity index (χ0v) is 24.4. The molecule has 1 saturated heterocycles. The number of anilines is 3. The number of halogens is 1. The maximum absolute atomic E-state index is 13.3. The first-order valence-electron chi connectivity index (χ1n) is 14.2. The Morgan fingerprint density at radius 3 is 2.56 bits per heavy atom. The molecule has 1 aromatic heterocycles. The molecular weight excluding hydrogens is 564 g/mol. The van der Waals surface area contributed by atoms with E-state index >= 15 is 0 Å². The third-order valence-corrected chi connectivity index (χ3v) is 8.27. The molecule has 1 fully saturated rings. The highest BCUT2D eigenvalue weighted by Crippen LogP contribution is 2.39. The van der Waals surface area contributed by atoms with Crippen LogP contribution in [0.2, 0.25) is 5.02 Å². The van der Waals surface area contributed by atoms with Crippen molar-refractivity contribution in [2.24, 2.45) is 5.92 Å². The molecule has 6 rings (SSSR count). The van der Waals surface area contributed by atoms with Gasteiger partial charge in [0.25, 0.3) is 11.5 Å². The van der Waals surface area contributed by atoms with Gasteiger partial charge in [0.15, 0.2) is 0 Å². The largest absolute Gasteiger partial charge is 0.495 e. The Labute approximate surface area is 254 Å². The van der Waals surface area contributed by atoms with Crippen LogP contribution in [0.3, 0.4) is 0 Å². The molecule has 218 valence electrons. The fourth-order valence-electron chi connectivity index (χ4n) is 6.00. The number of hydrogen-bond acceptors (Lipinski definition) is 5. The molecule has 0 spiro atoms. The van der Waals surface area contributed by atoms with E-state index in [2.05, 4.69) is 15.5 Å². The number of aromatic nitrogens is 1. The molecule has 0 saturated carbocycles. The van der Waals surface area contributed by atoms with Gasteiger partial charge in [0, 0.05) is 54.6 Å². The van der Waals surface area contributed by atoms with E-state index in [1.54, 1.807) is 42.5 Å². The first-order chi connectivity index (χ1) is 20.9. The summed E-state index contributed by atoms with van der Waals surface area (Å²) in [5.74, 6) is 0.336. The van der Waals surface area contributed by atoms with Crippen LogP contribution in [0.4, 0.5) is 17.1 Å². The summed E-state index contributed by atoms with van der Waals surface area (Å²) in [6.45, 7) is 2.09. The molecule has 2 aliphatic rings. The van der Waals surface area contributed by atoms with E-state index < -0.39 is 0 Å². The molecule has 2 amide bonds. The second kappa shape index (κ2) is 12.2. The number of fused-ring (bicyclic) bond motifs is 4. The summed E-state index contributed by atoms with van der Waals surface area (Å²) in [6, 6.07) is 25.4. The quantitative estimate of drug-likeness (QED) is 0.255. The van der Waals surface area contributed by atoms with Gasteiger partial charge in [-0.25, -0.2) is 0 Å². The van der Waals surface area contributed by atoms with E-state index in [0.29, 0.717) is 40.8 Å². The molecule has 3 heterocycles. The SMILES string of the molecule is COc1ccc(NC(=O)c2ccc(N3CC4CC(C3)c3cccc(=O)n3C4)c(NC(=O)C=Cc3ccccc3)c2)cc1Cl. The van der Waals surface area contributed by atoms with Crippen molar-refractivity contribution in [3.63, 3.8) is 0 Å². The zero-order chi connectivity index (χ0) is 29.9. The third-order valence-electron chi connectivity index (χ3n) is 7.97. The molecule has 2 bridgehead atoms. The lowest BCUT2D eigenvalue weighted by molar-refractivity contribution is -0.111. The van der Waals surface area contributed by atoms with Gasteiger partial charge in [-0.15, -0.1) is 0 Å². The van der Waals surface area contributed by atoms with Crippen LogP contribution >= 0.6 is 11.6 Å². The van der Waals surface area contributed by atoms with E-state index in [1.807, 2.05) is 53.1 Å². The number of nitrogens with zero attached hydrogens (tertiary/aromatic N) is 2. The minimum absolute atomic E-state index is 0.0346. The second-order valence-electron chi connectivity index (χ2n) is 10.9. The smallest absolute Gasteiger partial charge is 0.255 e. The van der Waals surface area contributed by atoms with Crippen molar-refractivity contribution < 1.29 is 14.3 Å². The minimum atomic E-state index is -0.341. The van der Waals surface area contributed by atoms with Crippen LogP contribution < -0.4 is 25.8 Å². The van der Waals surface area contributed by atoms with Gasteiger partial charge in [-0.1, -0.05) is 48.0 Å². The number of carbonyl (C=O) groups excluding carboxylic acids is 2. The highest BCUT2D eigenvalue weighted by atomic mass is 35.5. The first-order valence-corrected chi connectivity index (χ1v) is 14.5. The number of pyridine rings is 1. The Bertz CT molecular complexity index is 1770. The van der Waals surface area contributed by atoms with Crippen LogP contribution in [-0.2, 0) is 11.3 Å². The van der Waals surface area contributed by atoms with Crippen LogP contribution in [0, 0.1) is 5.92 Å². The van der Waals surface area contributed by atoms with Gasteiger partial charge >= 0.3 is 0 Å². The van der Waals surface area contributed by atoms with Gasteiger partial charge in [-0.3, -0.25) is 14.4 Å². The van der Waals surface area contributed by atoms with Crippen LogP contribution in [0.25, 0.3) is 6.08 Å². The molecule has 3 aromatic carbocycles. The van der Waals surface area contributed by atoms with Crippen LogP contribution in [0.5, 0.6) is 5.75 Å². The lowest BCUT2D eigenvalue weighted by Gasteiger charge is -2.44.